The Balaban J connectivity index is 1.56. The lowest BCUT2D eigenvalue weighted by molar-refractivity contribution is -0.763. The largest absolute Gasteiger partial charge is 0.489 e. The van der Waals surface area contributed by atoms with E-state index in [-0.39, 0.29) is 37.8 Å². The molecule has 3 aromatic carbocycles. The van der Waals surface area contributed by atoms with Gasteiger partial charge in [0.25, 0.3) is 16.1 Å². The van der Waals surface area contributed by atoms with E-state index in [2.05, 4.69) is 15.7 Å². The normalized spacial score (nSPS) is 13.8. The molecule has 250 valence electrons. The van der Waals surface area contributed by atoms with E-state index in [9.17, 15) is 29.8 Å². The molecule has 47 heavy (non-hydrogen) atoms. The predicted molar refractivity (Wildman–Crippen MR) is 170 cm³/mol. The monoisotopic (exact) mass is 649 g/mol. The number of para-hydroxylation sites is 1. The first kappa shape index (κ1) is 34.7. The minimum absolute atomic E-state index is 0.000608. The maximum Gasteiger partial charge on any atom is 0.338 e. The van der Waals surface area contributed by atoms with Gasteiger partial charge in [0.15, 0.2) is 6.10 Å². The third-order valence-electron chi connectivity index (χ3n) is 7.92. The molecular formula is C34H39N3O10. The van der Waals surface area contributed by atoms with Crippen LogP contribution >= 0.6 is 0 Å². The Labute approximate surface area is 272 Å². The van der Waals surface area contributed by atoms with E-state index in [1.807, 2.05) is 39.0 Å². The Morgan fingerprint density at radius 1 is 0.830 bits per heavy atom. The number of nitrogens with zero attached hydrogens (tertiary/aromatic N) is 3. The number of carbonyl (C=O) groups excluding carboxylic acids is 2. The van der Waals surface area contributed by atoms with Crippen LogP contribution in [0.25, 0.3) is 0 Å². The summed E-state index contributed by atoms with van der Waals surface area (Å²) in [6.07, 6.45) is 3.58. The molecule has 0 N–H and O–H groups in total. The fourth-order valence-corrected chi connectivity index (χ4v) is 5.47. The number of benzene rings is 3. The van der Waals surface area contributed by atoms with Gasteiger partial charge in [-0.2, -0.15) is 0 Å². The first-order chi connectivity index (χ1) is 22.4. The molecule has 3 aromatic rings. The molecule has 13 nitrogen and oxygen atoms in total. The highest BCUT2D eigenvalue weighted by molar-refractivity contribution is 5.95. The Bertz CT molecular complexity index is 1530. The molecular weight excluding hydrogens is 610 g/mol. The van der Waals surface area contributed by atoms with Crippen molar-refractivity contribution in [2.75, 3.05) is 13.2 Å². The van der Waals surface area contributed by atoms with Gasteiger partial charge in [0.2, 0.25) is 0 Å². The van der Waals surface area contributed by atoms with Gasteiger partial charge >= 0.3 is 5.97 Å². The van der Waals surface area contributed by atoms with Gasteiger partial charge in [-0.05, 0) is 86.6 Å². The lowest BCUT2D eigenvalue weighted by Gasteiger charge is -2.38. The van der Waals surface area contributed by atoms with Crippen molar-refractivity contribution in [2.24, 2.45) is 0 Å². The van der Waals surface area contributed by atoms with Gasteiger partial charge in [-0.3, -0.25) is 4.79 Å². The van der Waals surface area contributed by atoms with E-state index in [1.54, 1.807) is 29.2 Å². The summed E-state index contributed by atoms with van der Waals surface area (Å²) in [6, 6.07) is 20.2. The van der Waals surface area contributed by atoms with Gasteiger partial charge in [0, 0.05) is 11.1 Å². The van der Waals surface area contributed by atoms with Crippen molar-refractivity contribution in [1.29, 1.82) is 0 Å². The fraction of sp³-hybridized carbons (Fsp3) is 0.412. The number of hydrogen-bond donors (Lipinski definition) is 0. The van der Waals surface area contributed by atoms with Gasteiger partial charge in [0.1, 0.15) is 25.6 Å². The second-order valence-electron chi connectivity index (χ2n) is 12.3. The molecule has 0 radical (unpaired) electrons. The minimum Gasteiger partial charge on any atom is -0.489 e. The maximum atomic E-state index is 13.9. The molecule has 0 spiro atoms. The molecule has 0 aromatic heterocycles. The first-order valence-electron chi connectivity index (χ1n) is 15.4. The summed E-state index contributed by atoms with van der Waals surface area (Å²) in [7, 11) is 0. The molecule has 0 heterocycles. The van der Waals surface area contributed by atoms with Gasteiger partial charge in [-0.25, -0.2) is 4.79 Å². The van der Waals surface area contributed by atoms with Crippen LogP contribution < -0.4 is 4.74 Å². The number of amides is 1. The van der Waals surface area contributed by atoms with Crippen molar-refractivity contribution < 1.29 is 38.9 Å². The topological polar surface area (TPSA) is 161 Å². The predicted octanol–water partition coefficient (Wildman–Crippen LogP) is 6.31. The molecule has 0 saturated heterocycles. The third-order valence-corrected chi connectivity index (χ3v) is 7.92. The summed E-state index contributed by atoms with van der Waals surface area (Å²) in [5.74, 6) is 0.107. The van der Waals surface area contributed by atoms with Crippen LogP contribution in [0.2, 0.25) is 0 Å². The summed E-state index contributed by atoms with van der Waals surface area (Å²) >= 11 is 0. The quantitative estimate of drug-likeness (QED) is 0.104. The van der Waals surface area contributed by atoms with E-state index >= 15 is 0 Å². The number of carbonyl (C=O) groups is 2. The highest BCUT2D eigenvalue weighted by atomic mass is 17.0. The van der Waals surface area contributed by atoms with Crippen LogP contribution in [0.5, 0.6) is 5.75 Å². The summed E-state index contributed by atoms with van der Waals surface area (Å²) < 4.78 is 12.3. The second-order valence-corrected chi connectivity index (χ2v) is 12.3. The average molecular weight is 650 g/mol. The summed E-state index contributed by atoms with van der Waals surface area (Å²) in [5, 5.41) is 19.3. The summed E-state index contributed by atoms with van der Waals surface area (Å²) in [5.41, 5.74) is 1.99. The first-order valence-corrected chi connectivity index (χ1v) is 15.4. The van der Waals surface area contributed by atoms with Crippen LogP contribution in [-0.2, 0) is 27.6 Å². The van der Waals surface area contributed by atoms with Gasteiger partial charge in [0.05, 0.1) is 12.1 Å². The highest BCUT2D eigenvalue weighted by Gasteiger charge is 2.32. The zero-order valence-electron chi connectivity index (χ0n) is 26.7. The van der Waals surface area contributed by atoms with Crippen molar-refractivity contribution in [2.45, 2.75) is 77.2 Å². The van der Waals surface area contributed by atoms with E-state index in [0.29, 0.717) is 28.4 Å². The van der Waals surface area contributed by atoms with Crippen molar-refractivity contribution in [3.8, 4) is 5.75 Å². The molecule has 13 heteroatoms. The molecule has 1 aliphatic carbocycles. The maximum absolute atomic E-state index is 13.9. The van der Waals surface area contributed by atoms with Crippen molar-refractivity contribution in [3.05, 3.63) is 121 Å². The van der Waals surface area contributed by atoms with E-state index < -0.39 is 27.8 Å². The lowest BCUT2D eigenvalue weighted by atomic mass is 9.97. The number of rotatable bonds is 15. The third kappa shape index (κ3) is 10.1. The SMILES string of the molecule is CC(C)(C)N(C[C@@H](COc1ccccc1C1CCCC1)OC(=O)c1ccc(CO[N+](=O)[O-])cc1)C(=O)c1ccc(CO[N+](=O)[O-])cc1. The lowest BCUT2D eigenvalue weighted by Crippen LogP contribution is -2.51. The highest BCUT2D eigenvalue weighted by Crippen LogP contribution is 2.38. The standard InChI is InChI=1S/C34H39N3O10/c1-34(2,3)35(32(38)27-16-12-24(13-17-27)21-45-36(40)41)20-29(23-44-31-11-7-6-10-30(31)26-8-4-5-9-26)47-33(39)28-18-14-25(15-19-28)22-46-37(42)43/h6-7,10-19,26,29H,4-5,8-9,20-23H2,1-3H3/t29-/m0/s1. The van der Waals surface area contributed by atoms with Crippen LogP contribution in [-0.4, -0.2) is 51.7 Å². The second kappa shape index (κ2) is 15.9. The number of esters is 1. The molecule has 1 amide bonds. The summed E-state index contributed by atoms with van der Waals surface area (Å²) in [4.78, 5) is 58.7. The minimum atomic E-state index is -0.890. The van der Waals surface area contributed by atoms with Crippen molar-refractivity contribution >= 4 is 11.9 Å². The van der Waals surface area contributed by atoms with Crippen LogP contribution in [0.1, 0.15) is 89.8 Å². The van der Waals surface area contributed by atoms with Crippen LogP contribution in [0.4, 0.5) is 0 Å². The van der Waals surface area contributed by atoms with Crippen LogP contribution in [0, 0.1) is 20.2 Å². The molecule has 1 atom stereocenters. The molecule has 0 aliphatic heterocycles. The molecule has 0 unspecified atom stereocenters. The molecule has 1 fully saturated rings. The Hall–Kier alpha value is -5.20. The average Bonchev–Trinajstić information content (AvgIpc) is 3.59. The summed E-state index contributed by atoms with van der Waals surface area (Å²) in [6.45, 7) is 5.07. The smallest absolute Gasteiger partial charge is 0.338 e. The van der Waals surface area contributed by atoms with E-state index in [0.717, 1.165) is 31.2 Å². The Kier molecular flexibility index (Phi) is 11.7. The van der Waals surface area contributed by atoms with Crippen LogP contribution in [0.15, 0.2) is 72.8 Å². The van der Waals surface area contributed by atoms with Crippen molar-refractivity contribution in [1.82, 2.24) is 4.90 Å². The van der Waals surface area contributed by atoms with Gasteiger partial charge < -0.3 is 24.0 Å². The molecule has 4 rings (SSSR count). The molecule has 1 saturated carbocycles. The Morgan fingerprint density at radius 3 is 1.89 bits per heavy atom. The van der Waals surface area contributed by atoms with Crippen molar-refractivity contribution in [3.63, 3.8) is 0 Å². The molecule has 0 bridgehead atoms. The number of ether oxygens (including phenoxy) is 2. The van der Waals surface area contributed by atoms with E-state index in [4.69, 9.17) is 9.47 Å². The van der Waals surface area contributed by atoms with Gasteiger partial charge in [-0.15, -0.1) is 20.2 Å². The zero-order valence-corrected chi connectivity index (χ0v) is 26.7. The fourth-order valence-electron chi connectivity index (χ4n) is 5.47. The zero-order chi connectivity index (χ0) is 34.0. The van der Waals surface area contributed by atoms with Gasteiger partial charge in [-0.1, -0.05) is 55.3 Å². The molecule has 1 aliphatic rings. The van der Waals surface area contributed by atoms with Crippen LogP contribution in [0.3, 0.4) is 0 Å². The Morgan fingerprint density at radius 2 is 1.36 bits per heavy atom. The number of hydrogen-bond acceptors (Lipinski definition) is 10. The van der Waals surface area contributed by atoms with E-state index in [1.165, 1.54) is 24.3 Å².